The summed E-state index contributed by atoms with van der Waals surface area (Å²) in [6.45, 7) is 5.07. The number of methoxy groups -OCH3 is 1. The van der Waals surface area contributed by atoms with Crippen molar-refractivity contribution in [1.29, 1.82) is 0 Å². The molecule has 1 heterocycles. The maximum Gasteiger partial charge on any atom is 0.411 e. The van der Waals surface area contributed by atoms with Gasteiger partial charge in [0.2, 0.25) is 0 Å². The number of benzene rings is 2. The lowest BCUT2D eigenvalue weighted by Crippen LogP contribution is -2.47. The van der Waals surface area contributed by atoms with E-state index in [0.717, 1.165) is 44.9 Å². The minimum atomic E-state index is -0.497. The second-order valence-electron chi connectivity index (χ2n) is 6.62. The molecule has 1 N–H and O–H groups in total. The van der Waals surface area contributed by atoms with Gasteiger partial charge in [-0.15, -0.1) is 0 Å². The van der Waals surface area contributed by atoms with E-state index < -0.39 is 6.09 Å². The first-order valence-electron chi connectivity index (χ1n) is 9.45. The van der Waals surface area contributed by atoms with Gasteiger partial charge >= 0.3 is 6.09 Å². The summed E-state index contributed by atoms with van der Waals surface area (Å²) in [5.74, 6) is 0.608. The SMILES string of the molecule is COC(=O)Nc1ccc(OCCCN2CCN(c3ccccc3F)CC2)cc1. The van der Waals surface area contributed by atoms with Crippen molar-refractivity contribution in [2.75, 3.05) is 56.7 Å². The van der Waals surface area contributed by atoms with E-state index in [-0.39, 0.29) is 5.82 Å². The largest absolute Gasteiger partial charge is 0.494 e. The van der Waals surface area contributed by atoms with Crippen LogP contribution in [-0.2, 0) is 4.74 Å². The molecule has 1 saturated heterocycles. The minimum absolute atomic E-state index is 0.155. The topological polar surface area (TPSA) is 54.0 Å². The van der Waals surface area contributed by atoms with Gasteiger partial charge in [-0.2, -0.15) is 0 Å². The van der Waals surface area contributed by atoms with Crippen LogP contribution in [0.3, 0.4) is 0 Å². The van der Waals surface area contributed by atoms with Gasteiger partial charge in [-0.1, -0.05) is 12.1 Å². The Labute approximate surface area is 164 Å². The number of nitrogens with one attached hydrogen (secondary N) is 1. The number of hydrogen-bond acceptors (Lipinski definition) is 5. The molecule has 2 aromatic rings. The van der Waals surface area contributed by atoms with Gasteiger partial charge in [-0.3, -0.25) is 10.2 Å². The molecule has 0 radical (unpaired) electrons. The van der Waals surface area contributed by atoms with Crippen LogP contribution in [0.2, 0.25) is 0 Å². The Morgan fingerprint density at radius 1 is 1.07 bits per heavy atom. The molecular formula is C21H26FN3O3. The number of carbonyl (C=O) groups is 1. The second kappa shape index (κ2) is 9.94. The average molecular weight is 387 g/mol. The van der Waals surface area contributed by atoms with Crippen LogP contribution in [0.15, 0.2) is 48.5 Å². The van der Waals surface area contributed by atoms with Crippen LogP contribution in [0.1, 0.15) is 6.42 Å². The highest BCUT2D eigenvalue weighted by Crippen LogP contribution is 2.20. The molecule has 28 heavy (non-hydrogen) atoms. The summed E-state index contributed by atoms with van der Waals surface area (Å²) in [7, 11) is 1.33. The molecule has 2 aromatic carbocycles. The molecule has 7 heteroatoms. The zero-order chi connectivity index (χ0) is 19.8. The first kappa shape index (κ1) is 19.9. The lowest BCUT2D eigenvalue weighted by molar-refractivity contribution is 0.187. The normalized spacial score (nSPS) is 14.6. The van der Waals surface area contributed by atoms with E-state index in [2.05, 4.69) is 19.9 Å². The summed E-state index contributed by atoms with van der Waals surface area (Å²) in [5.41, 5.74) is 1.35. The number of ether oxygens (including phenoxy) is 2. The monoisotopic (exact) mass is 387 g/mol. The Bertz CT molecular complexity index is 762. The van der Waals surface area contributed by atoms with Gasteiger partial charge in [-0.25, -0.2) is 9.18 Å². The Morgan fingerprint density at radius 2 is 1.79 bits per heavy atom. The van der Waals surface area contributed by atoms with Gasteiger partial charge in [0, 0.05) is 38.4 Å². The molecule has 0 spiro atoms. The van der Waals surface area contributed by atoms with Crippen molar-refractivity contribution in [2.24, 2.45) is 0 Å². The number of anilines is 2. The van der Waals surface area contributed by atoms with Gasteiger partial charge in [0.1, 0.15) is 11.6 Å². The number of amides is 1. The molecule has 0 saturated carbocycles. The zero-order valence-electron chi connectivity index (χ0n) is 16.1. The average Bonchev–Trinajstić information content (AvgIpc) is 2.73. The van der Waals surface area contributed by atoms with Crippen molar-refractivity contribution in [2.45, 2.75) is 6.42 Å². The van der Waals surface area contributed by atoms with E-state index in [4.69, 9.17) is 4.74 Å². The fourth-order valence-corrected chi connectivity index (χ4v) is 3.20. The van der Waals surface area contributed by atoms with Gasteiger partial charge in [-0.05, 0) is 42.8 Å². The number of carbonyl (C=O) groups excluding carboxylic acids is 1. The number of nitrogens with zero attached hydrogens (tertiary/aromatic N) is 2. The molecule has 0 aromatic heterocycles. The fraction of sp³-hybridized carbons (Fsp3) is 0.381. The van der Waals surface area contributed by atoms with Crippen molar-refractivity contribution in [3.63, 3.8) is 0 Å². The van der Waals surface area contributed by atoms with E-state index in [0.29, 0.717) is 18.0 Å². The molecule has 0 unspecified atom stereocenters. The lowest BCUT2D eigenvalue weighted by Gasteiger charge is -2.36. The van der Waals surface area contributed by atoms with Crippen LogP contribution in [0.4, 0.5) is 20.6 Å². The standard InChI is InChI=1S/C21H26FN3O3/c1-27-21(26)23-17-7-9-18(10-8-17)28-16-4-11-24-12-14-25(15-13-24)20-6-3-2-5-19(20)22/h2-3,5-10H,4,11-16H2,1H3,(H,23,26). The zero-order valence-corrected chi connectivity index (χ0v) is 16.1. The van der Waals surface area contributed by atoms with Crippen molar-refractivity contribution >= 4 is 17.5 Å². The third-order valence-electron chi connectivity index (χ3n) is 4.74. The highest BCUT2D eigenvalue weighted by atomic mass is 19.1. The first-order valence-corrected chi connectivity index (χ1v) is 9.45. The van der Waals surface area contributed by atoms with Crippen molar-refractivity contribution in [3.8, 4) is 5.75 Å². The Balaban J connectivity index is 1.34. The predicted molar refractivity (Wildman–Crippen MR) is 108 cm³/mol. The minimum Gasteiger partial charge on any atom is -0.494 e. The molecule has 6 nitrogen and oxygen atoms in total. The number of piperazine rings is 1. The summed E-state index contributed by atoms with van der Waals surface area (Å²) in [5, 5.41) is 2.60. The maximum absolute atomic E-state index is 13.9. The molecule has 3 rings (SSSR count). The van der Waals surface area contributed by atoms with Crippen LogP contribution in [-0.4, -0.2) is 57.4 Å². The molecule has 0 bridgehead atoms. The Morgan fingerprint density at radius 3 is 2.46 bits per heavy atom. The number of rotatable bonds is 7. The van der Waals surface area contributed by atoms with Crippen LogP contribution in [0.5, 0.6) is 5.75 Å². The molecule has 1 amide bonds. The number of halogens is 1. The fourth-order valence-electron chi connectivity index (χ4n) is 3.20. The number of para-hydroxylation sites is 1. The van der Waals surface area contributed by atoms with E-state index in [9.17, 15) is 9.18 Å². The summed E-state index contributed by atoms with van der Waals surface area (Å²) < 4.78 is 24.2. The lowest BCUT2D eigenvalue weighted by atomic mass is 10.2. The van der Waals surface area contributed by atoms with Gasteiger partial charge in [0.25, 0.3) is 0 Å². The quantitative estimate of drug-likeness (QED) is 0.736. The predicted octanol–water partition coefficient (Wildman–Crippen LogP) is 3.60. The summed E-state index contributed by atoms with van der Waals surface area (Å²) >= 11 is 0. The van der Waals surface area contributed by atoms with Crippen LogP contribution >= 0.6 is 0 Å². The van der Waals surface area contributed by atoms with Gasteiger partial charge < -0.3 is 14.4 Å². The summed E-state index contributed by atoms with van der Waals surface area (Å²) in [6.07, 6.45) is 0.422. The van der Waals surface area contributed by atoms with Crippen molar-refractivity contribution in [3.05, 3.63) is 54.3 Å². The second-order valence-corrected chi connectivity index (χ2v) is 6.62. The molecular weight excluding hydrogens is 361 g/mol. The number of hydrogen-bond donors (Lipinski definition) is 1. The third-order valence-corrected chi connectivity index (χ3v) is 4.74. The Kier molecular flexibility index (Phi) is 7.08. The smallest absolute Gasteiger partial charge is 0.411 e. The third kappa shape index (κ3) is 5.60. The van der Waals surface area contributed by atoms with Crippen LogP contribution in [0.25, 0.3) is 0 Å². The van der Waals surface area contributed by atoms with E-state index in [1.165, 1.54) is 13.2 Å². The van der Waals surface area contributed by atoms with E-state index in [1.54, 1.807) is 18.2 Å². The highest BCUT2D eigenvalue weighted by Gasteiger charge is 2.18. The van der Waals surface area contributed by atoms with Crippen molar-refractivity contribution in [1.82, 2.24) is 4.90 Å². The molecule has 150 valence electrons. The summed E-state index contributed by atoms with van der Waals surface area (Å²) in [4.78, 5) is 15.6. The molecule has 1 fully saturated rings. The van der Waals surface area contributed by atoms with Gasteiger partial charge in [0.15, 0.2) is 0 Å². The molecule has 0 atom stereocenters. The maximum atomic E-state index is 13.9. The van der Waals surface area contributed by atoms with E-state index >= 15 is 0 Å². The first-order chi connectivity index (χ1) is 13.7. The van der Waals surface area contributed by atoms with Crippen molar-refractivity contribution < 1.29 is 18.7 Å². The molecule has 1 aliphatic heterocycles. The summed E-state index contributed by atoms with van der Waals surface area (Å²) in [6, 6.07) is 14.1. The Hall–Kier alpha value is -2.80. The van der Waals surface area contributed by atoms with Crippen LogP contribution in [0, 0.1) is 5.82 Å². The van der Waals surface area contributed by atoms with Crippen LogP contribution < -0.4 is 15.0 Å². The van der Waals surface area contributed by atoms with E-state index in [1.807, 2.05) is 24.3 Å². The highest BCUT2D eigenvalue weighted by molar-refractivity contribution is 5.84. The molecule has 1 aliphatic rings. The molecule has 0 aliphatic carbocycles. The van der Waals surface area contributed by atoms with Gasteiger partial charge in [0.05, 0.1) is 19.4 Å².